The fourth-order valence-corrected chi connectivity index (χ4v) is 4.20. The molecule has 110 valence electrons. The van der Waals surface area contributed by atoms with Gasteiger partial charge in [0.2, 0.25) is 5.69 Å². The van der Waals surface area contributed by atoms with Crippen molar-refractivity contribution >= 4 is 21.6 Å². The molecule has 1 unspecified atom stereocenters. The summed E-state index contributed by atoms with van der Waals surface area (Å²) in [6.45, 7) is 6.93. The van der Waals surface area contributed by atoms with Gasteiger partial charge in [0, 0.05) is 16.7 Å². The van der Waals surface area contributed by atoms with E-state index in [1.54, 1.807) is 0 Å². The molecule has 1 aliphatic carbocycles. The van der Waals surface area contributed by atoms with Gasteiger partial charge in [-0.3, -0.25) is 5.21 Å². The first-order chi connectivity index (χ1) is 9.96. The lowest BCUT2D eigenvalue weighted by molar-refractivity contribution is -0.888. The van der Waals surface area contributed by atoms with Gasteiger partial charge in [-0.1, -0.05) is 38.5 Å². The normalized spacial score (nSPS) is 18.5. The standard InChI is InChI=1S/C17H21N2OS/c1-4-17(2,3)13-5-6-15-11(8-13)7-12-9-14(10-18)21-16(12)19(15)20/h7,9,13,20H,4-6,8H2,1-3H3/q+1. The molecule has 0 fully saturated rings. The highest BCUT2D eigenvalue weighted by atomic mass is 32.1. The number of pyridine rings is 1. The van der Waals surface area contributed by atoms with Crippen LogP contribution in [-0.4, -0.2) is 5.21 Å². The molecule has 3 nitrogen and oxygen atoms in total. The smallest absolute Gasteiger partial charge is 0.283 e. The van der Waals surface area contributed by atoms with Crippen molar-refractivity contribution in [2.24, 2.45) is 11.3 Å². The van der Waals surface area contributed by atoms with E-state index in [2.05, 4.69) is 32.9 Å². The Kier molecular flexibility index (Phi) is 3.41. The van der Waals surface area contributed by atoms with Crippen molar-refractivity contribution < 1.29 is 9.94 Å². The quantitative estimate of drug-likeness (QED) is 0.677. The van der Waals surface area contributed by atoms with Gasteiger partial charge in [-0.05, 0) is 36.3 Å². The average molecular weight is 301 g/mol. The van der Waals surface area contributed by atoms with Crippen molar-refractivity contribution in [1.82, 2.24) is 0 Å². The summed E-state index contributed by atoms with van der Waals surface area (Å²) in [5.74, 6) is 0.654. The van der Waals surface area contributed by atoms with Gasteiger partial charge < -0.3 is 0 Å². The van der Waals surface area contributed by atoms with E-state index in [0.29, 0.717) is 16.2 Å². The van der Waals surface area contributed by atoms with Crippen LogP contribution >= 0.6 is 11.3 Å². The van der Waals surface area contributed by atoms with Crippen LogP contribution in [-0.2, 0) is 12.8 Å². The first-order valence-corrected chi connectivity index (χ1v) is 8.37. The molecule has 1 atom stereocenters. The molecule has 2 heterocycles. The second-order valence-corrected chi connectivity index (χ2v) is 7.72. The van der Waals surface area contributed by atoms with Gasteiger partial charge in [0.25, 0.3) is 0 Å². The zero-order chi connectivity index (χ0) is 15.2. The molecule has 0 spiro atoms. The third-order valence-electron chi connectivity index (χ3n) is 5.21. The summed E-state index contributed by atoms with van der Waals surface area (Å²) < 4.78 is 1.32. The van der Waals surface area contributed by atoms with Crippen LogP contribution in [0.1, 0.15) is 49.7 Å². The lowest BCUT2D eigenvalue weighted by Gasteiger charge is -2.35. The van der Waals surface area contributed by atoms with E-state index in [-0.39, 0.29) is 0 Å². The van der Waals surface area contributed by atoms with Crippen LogP contribution in [0.4, 0.5) is 0 Å². The minimum Gasteiger partial charge on any atom is -0.283 e. The van der Waals surface area contributed by atoms with Crippen LogP contribution in [0.3, 0.4) is 0 Å². The number of hydrogen-bond acceptors (Lipinski definition) is 3. The Hall–Kier alpha value is -1.60. The number of hydrogen-bond donors (Lipinski definition) is 1. The lowest BCUT2D eigenvalue weighted by Crippen LogP contribution is -2.40. The Morgan fingerprint density at radius 1 is 1.48 bits per heavy atom. The van der Waals surface area contributed by atoms with Crippen molar-refractivity contribution in [3.63, 3.8) is 0 Å². The average Bonchev–Trinajstić information content (AvgIpc) is 2.90. The van der Waals surface area contributed by atoms with Crippen molar-refractivity contribution in [3.05, 3.63) is 28.3 Å². The maximum atomic E-state index is 10.5. The Balaban J connectivity index is 2.07. The van der Waals surface area contributed by atoms with E-state index in [0.717, 1.165) is 35.2 Å². The maximum Gasteiger partial charge on any atom is 0.320 e. The monoisotopic (exact) mass is 301 g/mol. The summed E-state index contributed by atoms with van der Waals surface area (Å²) in [7, 11) is 0. The Morgan fingerprint density at radius 3 is 2.90 bits per heavy atom. The second-order valence-electron chi connectivity index (χ2n) is 6.69. The molecule has 21 heavy (non-hydrogen) atoms. The minimum absolute atomic E-state index is 0.333. The molecule has 1 aliphatic rings. The summed E-state index contributed by atoms with van der Waals surface area (Å²) in [6, 6.07) is 6.22. The van der Waals surface area contributed by atoms with Crippen LogP contribution in [0, 0.1) is 22.7 Å². The largest absolute Gasteiger partial charge is 0.320 e. The molecule has 0 bridgehead atoms. The molecular formula is C17H21N2OS+. The van der Waals surface area contributed by atoms with Crippen molar-refractivity contribution in [2.75, 3.05) is 0 Å². The van der Waals surface area contributed by atoms with Crippen LogP contribution < -0.4 is 4.73 Å². The zero-order valence-electron chi connectivity index (χ0n) is 12.8. The van der Waals surface area contributed by atoms with Gasteiger partial charge in [-0.25, -0.2) is 0 Å². The SMILES string of the molecule is CCC(C)(C)C1CCc2c(cc3cc(C#N)sc3[n+]2O)C1. The van der Waals surface area contributed by atoms with Gasteiger partial charge >= 0.3 is 4.83 Å². The van der Waals surface area contributed by atoms with Crippen LogP contribution in [0.2, 0.25) is 0 Å². The molecular weight excluding hydrogens is 280 g/mol. The summed E-state index contributed by atoms with van der Waals surface area (Å²) in [4.78, 5) is 1.44. The first kappa shape index (κ1) is 14.3. The third-order valence-corrected chi connectivity index (χ3v) is 6.24. The number of aromatic nitrogens is 1. The highest BCUT2D eigenvalue weighted by Crippen LogP contribution is 2.40. The van der Waals surface area contributed by atoms with Gasteiger partial charge in [0.1, 0.15) is 10.9 Å². The molecule has 2 aromatic rings. The van der Waals surface area contributed by atoms with E-state index in [9.17, 15) is 5.21 Å². The molecule has 0 saturated heterocycles. The third kappa shape index (κ3) is 2.30. The molecule has 0 aromatic carbocycles. The fraction of sp³-hybridized carbons (Fsp3) is 0.529. The zero-order valence-corrected chi connectivity index (χ0v) is 13.6. The topological polar surface area (TPSA) is 47.9 Å². The fourth-order valence-electron chi connectivity index (χ4n) is 3.33. The summed E-state index contributed by atoms with van der Waals surface area (Å²) in [5.41, 5.74) is 2.60. The van der Waals surface area contributed by atoms with E-state index in [1.165, 1.54) is 28.1 Å². The van der Waals surface area contributed by atoms with Gasteiger partial charge in [0.15, 0.2) is 0 Å². The molecule has 4 heteroatoms. The molecule has 0 amide bonds. The van der Waals surface area contributed by atoms with E-state index < -0.39 is 0 Å². The number of thiophene rings is 1. The lowest BCUT2D eigenvalue weighted by atomic mass is 9.69. The van der Waals surface area contributed by atoms with Crippen LogP contribution in [0.25, 0.3) is 10.2 Å². The molecule has 1 N–H and O–H groups in total. The van der Waals surface area contributed by atoms with Gasteiger partial charge in [0.05, 0.1) is 5.39 Å². The van der Waals surface area contributed by atoms with Crippen LogP contribution in [0.5, 0.6) is 0 Å². The van der Waals surface area contributed by atoms with Crippen molar-refractivity contribution in [2.45, 2.75) is 46.5 Å². The molecule has 0 aliphatic heterocycles. The Labute approximate surface area is 129 Å². The van der Waals surface area contributed by atoms with Crippen molar-refractivity contribution in [3.8, 4) is 6.07 Å². The highest BCUT2D eigenvalue weighted by molar-refractivity contribution is 7.18. The minimum atomic E-state index is 0.333. The second kappa shape index (κ2) is 4.99. The number of nitriles is 1. The summed E-state index contributed by atoms with van der Waals surface area (Å²) >= 11 is 1.36. The summed E-state index contributed by atoms with van der Waals surface area (Å²) in [5, 5.41) is 20.5. The van der Waals surface area contributed by atoms with Crippen molar-refractivity contribution in [1.29, 1.82) is 5.26 Å². The summed E-state index contributed by atoms with van der Waals surface area (Å²) in [6.07, 6.45) is 4.22. The molecule has 2 aromatic heterocycles. The van der Waals surface area contributed by atoms with Crippen LogP contribution in [0.15, 0.2) is 12.1 Å². The predicted octanol–water partition coefficient (Wildman–Crippen LogP) is 3.84. The Morgan fingerprint density at radius 2 is 2.24 bits per heavy atom. The van der Waals surface area contributed by atoms with E-state index >= 15 is 0 Å². The number of fused-ring (bicyclic) bond motifs is 2. The molecule has 0 radical (unpaired) electrons. The number of rotatable bonds is 2. The van der Waals surface area contributed by atoms with E-state index in [4.69, 9.17) is 5.26 Å². The number of nitrogens with zero attached hydrogens (tertiary/aromatic N) is 2. The highest BCUT2D eigenvalue weighted by Gasteiger charge is 2.36. The Bertz CT molecular complexity index is 739. The molecule has 3 rings (SSSR count). The van der Waals surface area contributed by atoms with E-state index in [1.807, 2.05) is 6.07 Å². The first-order valence-electron chi connectivity index (χ1n) is 7.56. The molecule has 0 saturated carbocycles. The maximum absolute atomic E-state index is 10.5. The van der Waals surface area contributed by atoms with Gasteiger partial charge in [-0.2, -0.15) is 5.26 Å². The van der Waals surface area contributed by atoms with Gasteiger partial charge in [-0.15, -0.1) is 0 Å². The predicted molar refractivity (Wildman–Crippen MR) is 83.5 cm³/mol.